The number of halogens is 1. The molecule has 0 bridgehead atoms. The second kappa shape index (κ2) is 4.55. The van der Waals surface area contributed by atoms with E-state index in [-0.39, 0.29) is 0 Å². The van der Waals surface area contributed by atoms with Crippen molar-refractivity contribution >= 4 is 40.0 Å². The van der Waals surface area contributed by atoms with Crippen molar-refractivity contribution in [2.45, 2.75) is 6.54 Å². The van der Waals surface area contributed by atoms with Gasteiger partial charge in [0.25, 0.3) is 0 Å². The van der Waals surface area contributed by atoms with Crippen LogP contribution in [0.5, 0.6) is 0 Å². The van der Waals surface area contributed by atoms with Gasteiger partial charge in [0.1, 0.15) is 16.9 Å². The number of benzene rings is 1. The van der Waals surface area contributed by atoms with Gasteiger partial charge in [-0.05, 0) is 12.1 Å². The number of anilines is 1. The average Bonchev–Trinajstić information content (AvgIpc) is 2.97. The van der Waals surface area contributed by atoms with E-state index in [1.165, 1.54) is 11.7 Å². The number of nitrogens with one attached hydrogen (secondary N) is 1. The van der Waals surface area contributed by atoms with E-state index >= 15 is 0 Å². The molecule has 0 aliphatic carbocycles. The fourth-order valence-electron chi connectivity index (χ4n) is 1.73. The molecule has 0 spiro atoms. The molecule has 7 heteroatoms. The number of hydrogen-bond acceptors (Lipinski definition) is 5. The van der Waals surface area contributed by atoms with Gasteiger partial charge in [0.05, 0.1) is 29.0 Å². The van der Waals surface area contributed by atoms with Crippen LogP contribution in [-0.2, 0) is 13.6 Å². The quantitative estimate of drug-likeness (QED) is 0.801. The van der Waals surface area contributed by atoms with Gasteiger partial charge in [0.2, 0.25) is 0 Å². The molecule has 1 aromatic carbocycles. The number of hydrogen-bond donors (Lipinski definition) is 1. The van der Waals surface area contributed by atoms with Crippen molar-refractivity contribution in [1.82, 2.24) is 18.3 Å². The second-order valence-corrected chi connectivity index (χ2v) is 4.80. The standard InChI is InChI=1S/C11H10ClN5S/c1-17-5-4-13-9(17)6-14-10-7(12)2-3-8-11(10)16-18-15-8/h2-5,14H,6H2,1H3. The minimum absolute atomic E-state index is 0.597. The highest BCUT2D eigenvalue weighted by atomic mass is 35.5. The van der Waals surface area contributed by atoms with E-state index in [9.17, 15) is 0 Å². The van der Waals surface area contributed by atoms with Crippen molar-refractivity contribution in [1.29, 1.82) is 0 Å². The Kier molecular flexibility index (Phi) is 2.89. The Balaban J connectivity index is 1.92. The molecule has 0 saturated heterocycles. The Morgan fingerprint density at radius 1 is 1.39 bits per heavy atom. The number of rotatable bonds is 3. The molecule has 5 nitrogen and oxygen atoms in total. The Morgan fingerprint density at radius 3 is 3.06 bits per heavy atom. The SMILES string of the molecule is Cn1ccnc1CNc1c(Cl)ccc2nsnc12. The van der Waals surface area contributed by atoms with E-state index in [1.807, 2.05) is 29.9 Å². The van der Waals surface area contributed by atoms with Crippen LogP contribution in [0.1, 0.15) is 5.82 Å². The Hall–Kier alpha value is -1.66. The van der Waals surface area contributed by atoms with E-state index < -0.39 is 0 Å². The molecular formula is C11H10ClN5S. The van der Waals surface area contributed by atoms with E-state index in [0.717, 1.165) is 22.5 Å². The zero-order chi connectivity index (χ0) is 12.5. The first-order valence-corrected chi connectivity index (χ1v) is 6.47. The van der Waals surface area contributed by atoms with Crippen LogP contribution in [0.15, 0.2) is 24.5 Å². The number of imidazole rings is 1. The molecule has 0 atom stereocenters. The molecule has 3 rings (SSSR count). The Bertz CT molecular complexity index is 690. The van der Waals surface area contributed by atoms with Crippen molar-refractivity contribution in [2.75, 3.05) is 5.32 Å². The summed E-state index contributed by atoms with van der Waals surface area (Å²) >= 11 is 7.37. The van der Waals surface area contributed by atoms with E-state index in [0.29, 0.717) is 11.6 Å². The maximum Gasteiger partial charge on any atom is 0.129 e. The van der Waals surface area contributed by atoms with Gasteiger partial charge < -0.3 is 9.88 Å². The first-order valence-electron chi connectivity index (χ1n) is 5.36. The summed E-state index contributed by atoms with van der Waals surface area (Å²) in [6, 6.07) is 3.69. The molecule has 0 saturated carbocycles. The predicted octanol–water partition coefficient (Wildman–Crippen LogP) is 2.69. The van der Waals surface area contributed by atoms with Crippen LogP contribution in [0.4, 0.5) is 5.69 Å². The van der Waals surface area contributed by atoms with Crippen LogP contribution in [0.2, 0.25) is 5.02 Å². The zero-order valence-electron chi connectivity index (χ0n) is 9.59. The molecule has 0 amide bonds. The van der Waals surface area contributed by atoms with Crippen molar-refractivity contribution in [2.24, 2.45) is 7.05 Å². The normalized spacial score (nSPS) is 11.0. The molecule has 0 aliphatic heterocycles. The van der Waals surface area contributed by atoms with Gasteiger partial charge in [-0.2, -0.15) is 8.75 Å². The van der Waals surface area contributed by atoms with Crippen molar-refractivity contribution in [3.8, 4) is 0 Å². The molecule has 92 valence electrons. The minimum atomic E-state index is 0.597. The summed E-state index contributed by atoms with van der Waals surface area (Å²) in [6.07, 6.45) is 3.67. The van der Waals surface area contributed by atoms with Gasteiger partial charge in [0, 0.05) is 19.4 Å². The summed E-state index contributed by atoms with van der Waals surface area (Å²) in [6.45, 7) is 0.597. The van der Waals surface area contributed by atoms with Gasteiger partial charge in [-0.25, -0.2) is 4.98 Å². The van der Waals surface area contributed by atoms with E-state index in [4.69, 9.17) is 11.6 Å². The third kappa shape index (κ3) is 1.93. The van der Waals surface area contributed by atoms with Crippen LogP contribution in [0.3, 0.4) is 0 Å². The number of fused-ring (bicyclic) bond motifs is 1. The highest BCUT2D eigenvalue weighted by Gasteiger charge is 2.10. The molecule has 2 aromatic heterocycles. The first-order chi connectivity index (χ1) is 8.75. The lowest BCUT2D eigenvalue weighted by Gasteiger charge is -2.08. The van der Waals surface area contributed by atoms with Crippen LogP contribution in [-0.4, -0.2) is 18.3 Å². The van der Waals surface area contributed by atoms with Gasteiger partial charge in [-0.1, -0.05) is 11.6 Å². The minimum Gasteiger partial charge on any atom is -0.375 e. The van der Waals surface area contributed by atoms with Gasteiger partial charge in [-0.15, -0.1) is 0 Å². The summed E-state index contributed by atoms with van der Waals surface area (Å²) in [4.78, 5) is 4.25. The van der Waals surface area contributed by atoms with Crippen LogP contribution < -0.4 is 5.32 Å². The number of aromatic nitrogens is 4. The zero-order valence-corrected chi connectivity index (χ0v) is 11.2. The largest absolute Gasteiger partial charge is 0.375 e. The topological polar surface area (TPSA) is 55.6 Å². The first kappa shape index (κ1) is 11.4. The lowest BCUT2D eigenvalue weighted by atomic mass is 10.2. The predicted molar refractivity (Wildman–Crippen MR) is 73.0 cm³/mol. The summed E-state index contributed by atoms with van der Waals surface area (Å²) in [5.41, 5.74) is 2.47. The van der Waals surface area contributed by atoms with Crippen molar-refractivity contribution < 1.29 is 0 Å². The maximum atomic E-state index is 6.19. The van der Waals surface area contributed by atoms with Crippen LogP contribution >= 0.6 is 23.3 Å². The lowest BCUT2D eigenvalue weighted by molar-refractivity contribution is 0.813. The molecule has 0 fully saturated rings. The van der Waals surface area contributed by atoms with E-state index in [1.54, 1.807) is 6.20 Å². The molecule has 3 aromatic rings. The fraction of sp³-hybridized carbons (Fsp3) is 0.182. The van der Waals surface area contributed by atoms with Crippen LogP contribution in [0, 0.1) is 0 Å². The van der Waals surface area contributed by atoms with Gasteiger partial charge in [0.15, 0.2) is 0 Å². The lowest BCUT2D eigenvalue weighted by Crippen LogP contribution is -2.06. The maximum absolute atomic E-state index is 6.19. The summed E-state index contributed by atoms with van der Waals surface area (Å²) in [5, 5.41) is 3.92. The smallest absolute Gasteiger partial charge is 0.129 e. The van der Waals surface area contributed by atoms with E-state index in [2.05, 4.69) is 19.0 Å². The fourth-order valence-corrected chi connectivity index (χ4v) is 2.49. The van der Waals surface area contributed by atoms with Gasteiger partial charge in [-0.3, -0.25) is 0 Å². The summed E-state index contributed by atoms with van der Waals surface area (Å²) < 4.78 is 10.4. The highest BCUT2D eigenvalue weighted by molar-refractivity contribution is 7.00. The molecule has 1 N–H and O–H groups in total. The van der Waals surface area contributed by atoms with Crippen LogP contribution in [0.25, 0.3) is 11.0 Å². The Morgan fingerprint density at radius 2 is 2.28 bits per heavy atom. The molecule has 0 radical (unpaired) electrons. The summed E-state index contributed by atoms with van der Waals surface area (Å²) in [5.74, 6) is 0.936. The molecule has 18 heavy (non-hydrogen) atoms. The molecule has 2 heterocycles. The summed E-state index contributed by atoms with van der Waals surface area (Å²) in [7, 11) is 1.95. The molecular weight excluding hydrogens is 270 g/mol. The second-order valence-electron chi connectivity index (χ2n) is 3.86. The monoisotopic (exact) mass is 279 g/mol. The third-order valence-corrected chi connectivity index (χ3v) is 3.58. The molecule has 0 aliphatic rings. The number of nitrogens with zero attached hydrogens (tertiary/aromatic N) is 4. The molecule has 0 unspecified atom stereocenters. The van der Waals surface area contributed by atoms with Gasteiger partial charge >= 0.3 is 0 Å². The number of aryl methyl sites for hydroxylation is 1. The Labute approximate surface area is 113 Å². The van der Waals surface area contributed by atoms with Crippen molar-refractivity contribution in [3.63, 3.8) is 0 Å². The highest BCUT2D eigenvalue weighted by Crippen LogP contribution is 2.30. The average molecular weight is 280 g/mol. The third-order valence-electron chi connectivity index (χ3n) is 2.72. The van der Waals surface area contributed by atoms with Crippen molar-refractivity contribution in [3.05, 3.63) is 35.4 Å².